The number of nitrogens with two attached hydrogens (primary N) is 1. The topological polar surface area (TPSA) is 93.1 Å². The van der Waals surface area contributed by atoms with E-state index in [1.54, 1.807) is 6.26 Å². The summed E-state index contributed by atoms with van der Waals surface area (Å²) in [5, 5.41) is 3.49. The highest BCUT2D eigenvalue weighted by Crippen LogP contribution is 2.20. The van der Waals surface area contributed by atoms with E-state index in [0.717, 1.165) is 70.1 Å². The molecule has 1 aromatic rings. The maximum Gasteiger partial charge on any atom is 0.217 e. The van der Waals surface area contributed by atoms with Gasteiger partial charge in [-0.1, -0.05) is 0 Å². The van der Waals surface area contributed by atoms with E-state index in [1.807, 2.05) is 12.1 Å². The number of hydrogen-bond donors (Lipinski definition) is 2. The minimum atomic E-state index is -0.221. The SMILES string of the molecule is NC(=O)CC1CCCN(C(=NCC2CCCCO2)NCCc2ccco2)C1. The maximum absolute atomic E-state index is 11.3. The van der Waals surface area contributed by atoms with E-state index in [4.69, 9.17) is 19.9 Å². The van der Waals surface area contributed by atoms with Gasteiger partial charge in [0.25, 0.3) is 0 Å². The predicted molar refractivity (Wildman–Crippen MR) is 104 cm³/mol. The molecule has 2 fully saturated rings. The summed E-state index contributed by atoms with van der Waals surface area (Å²) < 4.78 is 11.2. The van der Waals surface area contributed by atoms with Crippen LogP contribution in [-0.4, -0.2) is 55.7 Å². The molecule has 0 bridgehead atoms. The molecule has 0 spiro atoms. The predicted octanol–water partition coefficient (Wildman–Crippen LogP) is 1.92. The molecule has 3 N–H and O–H groups in total. The fraction of sp³-hybridized carbons (Fsp3) is 0.700. The summed E-state index contributed by atoms with van der Waals surface area (Å²) in [6.45, 7) is 4.05. The van der Waals surface area contributed by atoms with Crippen molar-refractivity contribution in [1.82, 2.24) is 10.2 Å². The van der Waals surface area contributed by atoms with E-state index in [0.29, 0.717) is 18.9 Å². The van der Waals surface area contributed by atoms with Crippen LogP contribution >= 0.6 is 0 Å². The zero-order chi connectivity index (χ0) is 18.9. The number of carbonyl (C=O) groups is 1. The maximum atomic E-state index is 11.3. The van der Waals surface area contributed by atoms with Gasteiger partial charge in [0.2, 0.25) is 5.91 Å². The van der Waals surface area contributed by atoms with Crippen molar-refractivity contribution in [2.45, 2.75) is 51.0 Å². The number of hydrogen-bond acceptors (Lipinski definition) is 4. The van der Waals surface area contributed by atoms with Crippen LogP contribution in [-0.2, 0) is 16.0 Å². The number of rotatable bonds is 7. The number of amides is 1. The molecule has 2 saturated heterocycles. The second kappa shape index (κ2) is 10.3. The van der Waals surface area contributed by atoms with Crippen LogP contribution in [0.2, 0.25) is 0 Å². The molecule has 3 rings (SSSR count). The van der Waals surface area contributed by atoms with Gasteiger partial charge >= 0.3 is 0 Å². The Hall–Kier alpha value is -2.02. The molecule has 2 atom stereocenters. The van der Waals surface area contributed by atoms with Crippen molar-refractivity contribution in [1.29, 1.82) is 0 Å². The van der Waals surface area contributed by atoms with Crippen LogP contribution in [0, 0.1) is 5.92 Å². The van der Waals surface area contributed by atoms with Crippen LogP contribution in [0.15, 0.2) is 27.8 Å². The van der Waals surface area contributed by atoms with Gasteiger partial charge in [0.05, 0.1) is 18.9 Å². The molecule has 0 aliphatic carbocycles. The highest BCUT2D eigenvalue weighted by atomic mass is 16.5. The number of piperidine rings is 1. The van der Waals surface area contributed by atoms with Gasteiger partial charge in [-0.3, -0.25) is 9.79 Å². The number of primary amides is 1. The van der Waals surface area contributed by atoms with Crippen LogP contribution < -0.4 is 11.1 Å². The Balaban J connectivity index is 1.59. The van der Waals surface area contributed by atoms with Crippen LogP contribution in [0.25, 0.3) is 0 Å². The minimum Gasteiger partial charge on any atom is -0.469 e. The first-order valence-corrected chi connectivity index (χ1v) is 10.2. The molecule has 0 saturated carbocycles. The Bertz CT molecular complexity index is 596. The van der Waals surface area contributed by atoms with Crippen molar-refractivity contribution < 1.29 is 13.9 Å². The zero-order valence-corrected chi connectivity index (χ0v) is 16.1. The standard InChI is InChI=1S/C20H32N4O3/c21-19(25)13-16-5-3-10-24(15-16)20(22-9-8-17-7-4-12-26-17)23-14-18-6-1-2-11-27-18/h4,7,12,16,18H,1-3,5-6,8-11,13-15H2,(H2,21,25)(H,22,23). The molecule has 2 unspecified atom stereocenters. The Kier molecular flexibility index (Phi) is 7.56. The lowest BCUT2D eigenvalue weighted by atomic mass is 9.95. The molecule has 7 nitrogen and oxygen atoms in total. The number of ether oxygens (including phenoxy) is 1. The monoisotopic (exact) mass is 376 g/mol. The Morgan fingerprint density at radius 3 is 3.00 bits per heavy atom. The van der Waals surface area contributed by atoms with Crippen LogP contribution in [0.1, 0.15) is 44.3 Å². The molecule has 150 valence electrons. The fourth-order valence-corrected chi connectivity index (χ4v) is 3.87. The molecule has 0 radical (unpaired) electrons. The average molecular weight is 377 g/mol. The van der Waals surface area contributed by atoms with Crippen LogP contribution in [0.5, 0.6) is 0 Å². The van der Waals surface area contributed by atoms with Crippen molar-refractivity contribution in [2.24, 2.45) is 16.6 Å². The summed E-state index contributed by atoms with van der Waals surface area (Å²) in [7, 11) is 0. The molecule has 7 heteroatoms. The number of nitrogens with one attached hydrogen (secondary N) is 1. The molecule has 3 heterocycles. The lowest BCUT2D eigenvalue weighted by Gasteiger charge is -2.35. The van der Waals surface area contributed by atoms with Gasteiger partial charge in [0, 0.05) is 39.1 Å². The zero-order valence-electron chi connectivity index (χ0n) is 16.1. The molecule has 27 heavy (non-hydrogen) atoms. The molecular weight excluding hydrogens is 344 g/mol. The lowest BCUT2D eigenvalue weighted by molar-refractivity contribution is -0.119. The van der Waals surface area contributed by atoms with Crippen molar-refractivity contribution in [2.75, 3.05) is 32.8 Å². The second-order valence-electron chi connectivity index (χ2n) is 7.53. The fourth-order valence-electron chi connectivity index (χ4n) is 3.87. The number of guanidine groups is 1. The van der Waals surface area contributed by atoms with E-state index in [9.17, 15) is 4.79 Å². The smallest absolute Gasteiger partial charge is 0.217 e. The highest BCUT2D eigenvalue weighted by molar-refractivity contribution is 5.80. The minimum absolute atomic E-state index is 0.215. The third kappa shape index (κ3) is 6.57. The third-order valence-electron chi connectivity index (χ3n) is 5.26. The molecule has 2 aliphatic rings. The van der Waals surface area contributed by atoms with Crippen molar-refractivity contribution in [3.05, 3.63) is 24.2 Å². The summed E-state index contributed by atoms with van der Waals surface area (Å²) in [6.07, 6.45) is 8.71. The van der Waals surface area contributed by atoms with Gasteiger partial charge in [-0.2, -0.15) is 0 Å². The molecular formula is C20H32N4O3. The van der Waals surface area contributed by atoms with E-state index in [1.165, 1.54) is 6.42 Å². The number of aliphatic imine (C=N–C) groups is 1. The van der Waals surface area contributed by atoms with Crippen molar-refractivity contribution >= 4 is 11.9 Å². The van der Waals surface area contributed by atoms with Crippen LogP contribution in [0.3, 0.4) is 0 Å². The van der Waals surface area contributed by atoms with Gasteiger partial charge in [0.15, 0.2) is 5.96 Å². The first kappa shape index (κ1) is 19.7. The Labute approximate surface area is 161 Å². The molecule has 1 amide bonds. The van der Waals surface area contributed by atoms with Gasteiger partial charge in [-0.25, -0.2) is 0 Å². The Morgan fingerprint density at radius 1 is 1.33 bits per heavy atom. The summed E-state index contributed by atoms with van der Waals surface area (Å²) in [5.74, 6) is 1.95. The molecule has 0 aromatic carbocycles. The Morgan fingerprint density at radius 2 is 2.26 bits per heavy atom. The summed E-state index contributed by atoms with van der Waals surface area (Å²) in [6, 6.07) is 3.89. The van der Waals surface area contributed by atoms with Gasteiger partial charge in [0.1, 0.15) is 5.76 Å². The number of furan rings is 1. The second-order valence-corrected chi connectivity index (χ2v) is 7.53. The lowest BCUT2D eigenvalue weighted by Crippen LogP contribution is -2.48. The van der Waals surface area contributed by atoms with Gasteiger partial charge in [-0.15, -0.1) is 0 Å². The van der Waals surface area contributed by atoms with Gasteiger partial charge < -0.3 is 25.1 Å². The largest absolute Gasteiger partial charge is 0.469 e. The molecule has 1 aromatic heterocycles. The van der Waals surface area contributed by atoms with E-state index in [-0.39, 0.29) is 12.0 Å². The summed E-state index contributed by atoms with van der Waals surface area (Å²) in [5.41, 5.74) is 5.41. The first-order valence-electron chi connectivity index (χ1n) is 10.2. The van der Waals surface area contributed by atoms with Gasteiger partial charge in [-0.05, 0) is 50.2 Å². The van der Waals surface area contributed by atoms with Crippen LogP contribution in [0.4, 0.5) is 0 Å². The number of likely N-dealkylation sites (tertiary alicyclic amines) is 1. The average Bonchev–Trinajstić information content (AvgIpc) is 3.18. The van der Waals surface area contributed by atoms with E-state index >= 15 is 0 Å². The van der Waals surface area contributed by atoms with Crippen molar-refractivity contribution in [3.63, 3.8) is 0 Å². The van der Waals surface area contributed by atoms with E-state index in [2.05, 4.69) is 10.2 Å². The summed E-state index contributed by atoms with van der Waals surface area (Å²) >= 11 is 0. The first-order chi connectivity index (χ1) is 13.2. The third-order valence-corrected chi connectivity index (χ3v) is 5.26. The van der Waals surface area contributed by atoms with Crippen molar-refractivity contribution in [3.8, 4) is 0 Å². The number of carbonyl (C=O) groups excluding carboxylic acids is 1. The molecule has 2 aliphatic heterocycles. The quantitative estimate of drug-likeness (QED) is 0.560. The summed E-state index contributed by atoms with van der Waals surface area (Å²) in [4.78, 5) is 18.4. The number of nitrogens with zero attached hydrogens (tertiary/aromatic N) is 2. The highest BCUT2D eigenvalue weighted by Gasteiger charge is 2.24. The van der Waals surface area contributed by atoms with E-state index < -0.39 is 0 Å². The normalized spacial score (nSPS) is 24.0.